The van der Waals surface area contributed by atoms with Gasteiger partial charge in [-0.3, -0.25) is 0 Å². The number of aromatic amines is 1. The quantitative estimate of drug-likeness (QED) is 0.802. The van der Waals surface area contributed by atoms with Crippen molar-refractivity contribution in [3.05, 3.63) is 78.9 Å². The van der Waals surface area contributed by atoms with Gasteiger partial charge in [0.25, 0.3) is 0 Å². The van der Waals surface area contributed by atoms with Gasteiger partial charge in [-0.25, -0.2) is 4.98 Å². The highest BCUT2D eigenvalue weighted by Gasteiger charge is 2.35. The molecule has 1 fully saturated rings. The van der Waals surface area contributed by atoms with Gasteiger partial charge in [-0.15, -0.1) is 0 Å². The van der Waals surface area contributed by atoms with E-state index in [1.165, 1.54) is 11.4 Å². The van der Waals surface area contributed by atoms with Crippen LogP contribution in [-0.4, -0.2) is 23.1 Å². The molecule has 4 heteroatoms. The van der Waals surface area contributed by atoms with Crippen LogP contribution in [0.15, 0.2) is 73.1 Å². The van der Waals surface area contributed by atoms with E-state index in [-0.39, 0.29) is 6.17 Å². The monoisotopic (exact) mass is 290 g/mol. The van der Waals surface area contributed by atoms with Gasteiger partial charge < -0.3 is 14.8 Å². The zero-order valence-electron chi connectivity index (χ0n) is 12.3. The zero-order chi connectivity index (χ0) is 14.8. The Kier molecular flexibility index (Phi) is 3.27. The summed E-state index contributed by atoms with van der Waals surface area (Å²) < 4.78 is 0. The Bertz CT molecular complexity index is 662. The molecular formula is C18H18N4. The fourth-order valence-corrected chi connectivity index (χ4v) is 3.12. The van der Waals surface area contributed by atoms with Gasteiger partial charge in [0.05, 0.1) is 0 Å². The van der Waals surface area contributed by atoms with E-state index in [4.69, 9.17) is 0 Å². The van der Waals surface area contributed by atoms with E-state index >= 15 is 0 Å². The Hall–Kier alpha value is -2.75. The largest absolute Gasteiger partial charge is 0.345 e. The van der Waals surface area contributed by atoms with Crippen LogP contribution in [-0.2, 0) is 0 Å². The van der Waals surface area contributed by atoms with Gasteiger partial charge >= 0.3 is 0 Å². The van der Waals surface area contributed by atoms with Crippen LogP contribution >= 0.6 is 0 Å². The van der Waals surface area contributed by atoms with E-state index in [9.17, 15) is 0 Å². The molecule has 3 aromatic rings. The molecule has 0 spiro atoms. The van der Waals surface area contributed by atoms with Gasteiger partial charge in [-0.05, 0) is 24.3 Å². The van der Waals surface area contributed by atoms with Gasteiger partial charge in [-0.1, -0.05) is 36.4 Å². The first kappa shape index (κ1) is 13.0. The molecule has 0 saturated carbocycles. The summed E-state index contributed by atoms with van der Waals surface area (Å²) in [6.45, 7) is 1.95. The van der Waals surface area contributed by atoms with Crippen molar-refractivity contribution in [2.45, 2.75) is 6.17 Å². The van der Waals surface area contributed by atoms with Crippen LogP contribution in [0, 0.1) is 0 Å². The number of nitrogens with one attached hydrogen (secondary N) is 1. The van der Waals surface area contributed by atoms with Crippen LogP contribution in [0.1, 0.15) is 12.0 Å². The lowest BCUT2D eigenvalue weighted by Crippen LogP contribution is -2.31. The molecule has 110 valence electrons. The van der Waals surface area contributed by atoms with Crippen molar-refractivity contribution in [1.29, 1.82) is 0 Å². The zero-order valence-corrected chi connectivity index (χ0v) is 12.3. The Labute approximate surface area is 130 Å². The Morgan fingerprint density at radius 2 is 1.36 bits per heavy atom. The molecule has 4 nitrogen and oxygen atoms in total. The second-order valence-corrected chi connectivity index (χ2v) is 5.41. The smallest absolute Gasteiger partial charge is 0.162 e. The number of hydrogen-bond donors (Lipinski definition) is 1. The highest BCUT2D eigenvalue weighted by atomic mass is 15.4. The second-order valence-electron chi connectivity index (χ2n) is 5.41. The van der Waals surface area contributed by atoms with E-state index in [0.717, 1.165) is 18.9 Å². The summed E-state index contributed by atoms with van der Waals surface area (Å²) in [5.74, 6) is 0.977. The van der Waals surface area contributed by atoms with Crippen LogP contribution in [0.2, 0.25) is 0 Å². The second kappa shape index (κ2) is 5.56. The molecule has 0 aliphatic carbocycles. The normalized spacial score (nSPS) is 15.5. The van der Waals surface area contributed by atoms with Gasteiger partial charge in [0.1, 0.15) is 5.82 Å². The molecule has 1 saturated heterocycles. The number of imidazole rings is 1. The third-order valence-electron chi connectivity index (χ3n) is 4.11. The number of nitrogens with zero attached hydrogens (tertiary/aromatic N) is 3. The molecule has 22 heavy (non-hydrogen) atoms. The van der Waals surface area contributed by atoms with Crippen molar-refractivity contribution >= 4 is 11.4 Å². The van der Waals surface area contributed by atoms with E-state index in [1.807, 2.05) is 12.4 Å². The maximum Gasteiger partial charge on any atom is 0.162 e. The summed E-state index contributed by atoms with van der Waals surface area (Å²) in [5, 5.41) is 0. The summed E-state index contributed by atoms with van der Waals surface area (Å²) in [5.41, 5.74) is 2.45. The molecule has 0 atom stereocenters. The molecule has 1 aliphatic rings. The minimum Gasteiger partial charge on any atom is -0.345 e. The topological polar surface area (TPSA) is 35.2 Å². The van der Waals surface area contributed by atoms with E-state index < -0.39 is 0 Å². The Morgan fingerprint density at radius 1 is 0.818 bits per heavy atom. The minimum atomic E-state index is 0.0970. The maximum absolute atomic E-state index is 4.51. The van der Waals surface area contributed by atoms with E-state index in [2.05, 4.69) is 80.4 Å². The summed E-state index contributed by atoms with van der Waals surface area (Å²) >= 11 is 0. The third-order valence-corrected chi connectivity index (χ3v) is 4.11. The maximum atomic E-state index is 4.51. The molecular weight excluding hydrogens is 272 g/mol. The average Bonchev–Trinajstić information content (AvgIpc) is 3.25. The highest BCUT2D eigenvalue weighted by Crippen LogP contribution is 2.35. The van der Waals surface area contributed by atoms with Crippen molar-refractivity contribution in [2.75, 3.05) is 22.9 Å². The lowest BCUT2D eigenvalue weighted by atomic mass is 10.2. The minimum absolute atomic E-state index is 0.0970. The fourth-order valence-electron chi connectivity index (χ4n) is 3.12. The third kappa shape index (κ3) is 2.22. The van der Waals surface area contributed by atoms with Gasteiger partial charge in [0, 0.05) is 36.9 Å². The first-order chi connectivity index (χ1) is 10.9. The number of aromatic nitrogens is 2. The van der Waals surface area contributed by atoms with Crippen LogP contribution in [0.3, 0.4) is 0 Å². The van der Waals surface area contributed by atoms with Gasteiger partial charge in [-0.2, -0.15) is 0 Å². The van der Waals surface area contributed by atoms with E-state index in [1.54, 1.807) is 0 Å². The molecule has 0 amide bonds. The summed E-state index contributed by atoms with van der Waals surface area (Å²) in [6.07, 6.45) is 3.81. The molecule has 2 heterocycles. The van der Waals surface area contributed by atoms with Crippen molar-refractivity contribution in [2.24, 2.45) is 0 Å². The first-order valence-electron chi connectivity index (χ1n) is 7.56. The van der Waals surface area contributed by atoms with Gasteiger partial charge in [0.15, 0.2) is 6.17 Å². The van der Waals surface area contributed by atoms with Crippen molar-refractivity contribution in [3.8, 4) is 0 Å². The number of H-pyrrole nitrogens is 1. The number of rotatable bonds is 3. The summed E-state index contributed by atoms with van der Waals surface area (Å²) in [6, 6.07) is 21.1. The molecule has 0 radical (unpaired) electrons. The number of hydrogen-bond acceptors (Lipinski definition) is 3. The molecule has 1 aromatic heterocycles. The Morgan fingerprint density at radius 3 is 1.82 bits per heavy atom. The molecule has 1 aliphatic heterocycles. The molecule has 4 rings (SSSR count). The fraction of sp³-hybridized carbons (Fsp3) is 0.167. The lowest BCUT2D eigenvalue weighted by Gasteiger charge is -2.31. The van der Waals surface area contributed by atoms with E-state index in [0.29, 0.717) is 0 Å². The molecule has 2 aromatic carbocycles. The highest BCUT2D eigenvalue weighted by molar-refractivity contribution is 5.57. The molecule has 0 unspecified atom stereocenters. The standard InChI is InChI=1S/C18H18N4/c1-3-7-15(8-4-1)21-13-14-22(16-9-5-2-6-10-16)18(21)17-19-11-12-20-17/h1-12,18H,13-14H2,(H,19,20). The van der Waals surface area contributed by atoms with Gasteiger partial charge in [0.2, 0.25) is 0 Å². The van der Waals surface area contributed by atoms with Crippen molar-refractivity contribution < 1.29 is 0 Å². The lowest BCUT2D eigenvalue weighted by molar-refractivity contribution is 0.675. The average molecular weight is 290 g/mol. The van der Waals surface area contributed by atoms with Crippen LogP contribution in [0.4, 0.5) is 11.4 Å². The predicted molar refractivity (Wildman–Crippen MR) is 88.9 cm³/mol. The molecule has 0 bridgehead atoms. The SMILES string of the molecule is c1ccc(N2CCN(c3ccccc3)C2c2ncc[nH]2)cc1. The van der Waals surface area contributed by atoms with Crippen LogP contribution in [0.25, 0.3) is 0 Å². The van der Waals surface area contributed by atoms with Crippen LogP contribution in [0.5, 0.6) is 0 Å². The number of benzene rings is 2. The first-order valence-corrected chi connectivity index (χ1v) is 7.56. The Balaban J connectivity index is 1.75. The number of para-hydroxylation sites is 2. The molecule has 1 N–H and O–H groups in total. The van der Waals surface area contributed by atoms with Crippen molar-refractivity contribution in [1.82, 2.24) is 9.97 Å². The summed E-state index contributed by atoms with van der Waals surface area (Å²) in [4.78, 5) is 12.6. The van der Waals surface area contributed by atoms with Crippen LogP contribution < -0.4 is 9.80 Å². The van der Waals surface area contributed by atoms with Crippen molar-refractivity contribution in [3.63, 3.8) is 0 Å². The predicted octanol–water partition coefficient (Wildman–Crippen LogP) is 3.44. The summed E-state index contributed by atoms with van der Waals surface area (Å²) in [7, 11) is 0. The number of anilines is 2.